The van der Waals surface area contributed by atoms with E-state index in [2.05, 4.69) is 17.1 Å². The minimum absolute atomic E-state index is 0.652. The van der Waals surface area contributed by atoms with Crippen molar-refractivity contribution in [3.8, 4) is 5.75 Å². The fraction of sp³-hybridized carbons (Fsp3) is 0.471. The predicted molar refractivity (Wildman–Crippen MR) is 90.9 cm³/mol. The lowest BCUT2D eigenvalue weighted by molar-refractivity contribution is 0.415. The Morgan fingerprint density at radius 1 is 1.24 bits per heavy atom. The molecule has 1 saturated carbocycles. The van der Waals surface area contributed by atoms with Crippen LogP contribution in [0.25, 0.3) is 10.9 Å². The van der Waals surface area contributed by atoms with Crippen LogP contribution in [0.4, 0.5) is 5.82 Å². The molecule has 0 radical (unpaired) electrons. The van der Waals surface area contributed by atoms with Crippen LogP contribution in [0.5, 0.6) is 5.75 Å². The van der Waals surface area contributed by atoms with Crippen molar-refractivity contribution >= 4 is 28.5 Å². The van der Waals surface area contributed by atoms with E-state index in [1.165, 1.54) is 32.1 Å². The lowest BCUT2D eigenvalue weighted by Gasteiger charge is -2.21. The van der Waals surface area contributed by atoms with Gasteiger partial charge in [0.2, 0.25) is 0 Å². The van der Waals surface area contributed by atoms with Crippen molar-refractivity contribution < 1.29 is 4.74 Å². The summed E-state index contributed by atoms with van der Waals surface area (Å²) in [6.45, 7) is 0. The highest BCUT2D eigenvalue weighted by atomic mass is 32.2. The number of rotatable bonds is 4. The van der Waals surface area contributed by atoms with Gasteiger partial charge in [0.15, 0.2) is 0 Å². The molecule has 3 rings (SSSR count). The molecule has 0 atom stereocenters. The van der Waals surface area contributed by atoms with E-state index in [1.54, 1.807) is 7.11 Å². The van der Waals surface area contributed by atoms with Gasteiger partial charge in [0.25, 0.3) is 0 Å². The van der Waals surface area contributed by atoms with Crippen molar-refractivity contribution in [2.24, 2.45) is 0 Å². The van der Waals surface area contributed by atoms with Crippen LogP contribution in [0.3, 0.4) is 0 Å². The Hall–Kier alpha value is -1.42. The molecule has 2 N–H and O–H groups in total. The Bertz CT molecular complexity index is 623. The fourth-order valence-corrected chi connectivity index (χ4v) is 4.20. The van der Waals surface area contributed by atoms with E-state index >= 15 is 0 Å². The van der Waals surface area contributed by atoms with Crippen LogP contribution in [0.15, 0.2) is 24.3 Å². The Balaban J connectivity index is 1.77. The Morgan fingerprint density at radius 2 is 2.05 bits per heavy atom. The highest BCUT2D eigenvalue weighted by molar-refractivity contribution is 7.99. The van der Waals surface area contributed by atoms with Crippen LogP contribution in [-0.2, 0) is 5.75 Å². The first-order valence-corrected chi connectivity index (χ1v) is 8.66. The van der Waals surface area contributed by atoms with Crippen molar-refractivity contribution in [2.75, 3.05) is 12.8 Å². The minimum atomic E-state index is 0.652. The van der Waals surface area contributed by atoms with Crippen LogP contribution >= 0.6 is 11.8 Å². The van der Waals surface area contributed by atoms with Crippen LogP contribution in [0.1, 0.15) is 37.7 Å². The Labute approximate surface area is 130 Å². The van der Waals surface area contributed by atoms with E-state index in [9.17, 15) is 0 Å². The summed E-state index contributed by atoms with van der Waals surface area (Å²) >= 11 is 2.04. The van der Waals surface area contributed by atoms with Crippen LogP contribution in [0.2, 0.25) is 0 Å². The molecule has 1 aromatic carbocycles. The first kappa shape index (κ1) is 14.5. The monoisotopic (exact) mass is 302 g/mol. The second kappa shape index (κ2) is 6.56. The number of aromatic nitrogens is 1. The predicted octanol–water partition coefficient (Wildman–Crippen LogP) is 4.39. The zero-order chi connectivity index (χ0) is 14.7. The van der Waals surface area contributed by atoms with Crippen LogP contribution < -0.4 is 10.5 Å². The summed E-state index contributed by atoms with van der Waals surface area (Å²) in [5.41, 5.74) is 8.19. The smallest absolute Gasteiger partial charge is 0.128 e. The summed E-state index contributed by atoms with van der Waals surface area (Å²) in [6, 6.07) is 8.13. The molecule has 0 saturated heterocycles. The summed E-state index contributed by atoms with van der Waals surface area (Å²) < 4.78 is 5.23. The third kappa shape index (κ3) is 3.43. The maximum atomic E-state index is 6.13. The average Bonchev–Trinajstić information content (AvgIpc) is 2.53. The maximum absolute atomic E-state index is 6.13. The number of pyridine rings is 1. The van der Waals surface area contributed by atoms with Gasteiger partial charge in [-0.15, -0.1) is 0 Å². The first-order chi connectivity index (χ1) is 10.3. The van der Waals surface area contributed by atoms with E-state index < -0.39 is 0 Å². The lowest BCUT2D eigenvalue weighted by atomic mass is 10.0. The molecular formula is C17H22N2OS. The minimum Gasteiger partial charge on any atom is -0.497 e. The van der Waals surface area contributed by atoms with Gasteiger partial charge in [0, 0.05) is 28.0 Å². The number of anilines is 1. The topological polar surface area (TPSA) is 48.1 Å². The molecule has 3 nitrogen and oxygen atoms in total. The molecule has 0 aliphatic heterocycles. The average molecular weight is 302 g/mol. The van der Waals surface area contributed by atoms with E-state index in [4.69, 9.17) is 10.5 Å². The van der Waals surface area contributed by atoms with Gasteiger partial charge in [-0.25, -0.2) is 4.98 Å². The number of nitrogen functional groups attached to an aromatic ring is 1. The molecule has 0 unspecified atom stereocenters. The fourth-order valence-electron chi connectivity index (χ4n) is 2.89. The molecular weight excluding hydrogens is 280 g/mol. The Morgan fingerprint density at radius 3 is 2.81 bits per heavy atom. The van der Waals surface area contributed by atoms with Gasteiger partial charge in [-0.05, 0) is 31.0 Å². The number of nitrogens with zero attached hydrogens (tertiary/aromatic N) is 1. The van der Waals surface area contributed by atoms with Gasteiger partial charge < -0.3 is 10.5 Å². The zero-order valence-electron chi connectivity index (χ0n) is 12.5. The number of fused-ring (bicyclic) bond motifs is 1. The lowest BCUT2D eigenvalue weighted by Crippen LogP contribution is -2.08. The summed E-state index contributed by atoms with van der Waals surface area (Å²) in [5.74, 6) is 2.43. The van der Waals surface area contributed by atoms with Crippen molar-refractivity contribution in [1.82, 2.24) is 4.98 Å². The molecule has 21 heavy (non-hydrogen) atoms. The van der Waals surface area contributed by atoms with Crippen LogP contribution in [0, 0.1) is 0 Å². The molecule has 2 aromatic rings. The molecule has 0 spiro atoms. The zero-order valence-corrected chi connectivity index (χ0v) is 13.3. The highest BCUT2D eigenvalue weighted by Gasteiger charge is 2.15. The molecule has 4 heteroatoms. The van der Waals surface area contributed by atoms with Crippen molar-refractivity contribution in [3.63, 3.8) is 0 Å². The first-order valence-electron chi connectivity index (χ1n) is 7.61. The van der Waals surface area contributed by atoms with E-state index in [-0.39, 0.29) is 0 Å². The second-order valence-electron chi connectivity index (χ2n) is 5.66. The summed E-state index contributed by atoms with van der Waals surface area (Å²) in [7, 11) is 1.67. The van der Waals surface area contributed by atoms with Gasteiger partial charge in [0.05, 0.1) is 12.6 Å². The standard InChI is InChI=1S/C17H22N2OS/c1-20-14-8-7-12-9-13(17(18)19-16(12)10-14)11-21-15-5-3-2-4-6-15/h7-10,15H,2-6,11H2,1H3,(H2,18,19). The SMILES string of the molecule is COc1ccc2cc(CSC3CCCCC3)c(N)nc2c1. The number of thioether (sulfide) groups is 1. The van der Waals surface area contributed by atoms with E-state index in [0.29, 0.717) is 5.82 Å². The maximum Gasteiger partial charge on any atom is 0.128 e. The van der Waals surface area contributed by atoms with Crippen molar-refractivity contribution in [2.45, 2.75) is 43.1 Å². The van der Waals surface area contributed by atoms with Gasteiger partial charge in [-0.2, -0.15) is 11.8 Å². The molecule has 1 aliphatic rings. The summed E-state index contributed by atoms with van der Waals surface area (Å²) in [6.07, 6.45) is 6.86. The number of ether oxygens (including phenoxy) is 1. The highest BCUT2D eigenvalue weighted by Crippen LogP contribution is 2.32. The van der Waals surface area contributed by atoms with E-state index in [1.807, 2.05) is 23.9 Å². The molecule has 0 bridgehead atoms. The number of methoxy groups -OCH3 is 1. The van der Waals surface area contributed by atoms with Crippen molar-refractivity contribution in [3.05, 3.63) is 29.8 Å². The van der Waals surface area contributed by atoms with Crippen molar-refractivity contribution in [1.29, 1.82) is 0 Å². The van der Waals surface area contributed by atoms with Gasteiger partial charge >= 0.3 is 0 Å². The second-order valence-corrected chi connectivity index (χ2v) is 6.95. The van der Waals surface area contributed by atoms with Gasteiger partial charge in [-0.3, -0.25) is 0 Å². The van der Waals surface area contributed by atoms with Crippen LogP contribution in [-0.4, -0.2) is 17.3 Å². The number of hydrogen-bond donors (Lipinski definition) is 1. The number of benzene rings is 1. The molecule has 112 valence electrons. The van der Waals surface area contributed by atoms with Gasteiger partial charge in [-0.1, -0.05) is 19.3 Å². The molecule has 1 heterocycles. The summed E-state index contributed by atoms with van der Waals surface area (Å²) in [4.78, 5) is 4.53. The van der Waals surface area contributed by atoms with E-state index in [0.717, 1.165) is 33.2 Å². The molecule has 1 aliphatic carbocycles. The third-order valence-electron chi connectivity index (χ3n) is 4.16. The number of nitrogens with two attached hydrogens (primary N) is 1. The normalized spacial score (nSPS) is 16.2. The molecule has 1 fully saturated rings. The number of hydrogen-bond acceptors (Lipinski definition) is 4. The molecule has 0 amide bonds. The molecule has 1 aromatic heterocycles. The largest absolute Gasteiger partial charge is 0.497 e. The third-order valence-corrected chi connectivity index (χ3v) is 5.58. The Kier molecular flexibility index (Phi) is 4.54. The summed E-state index contributed by atoms with van der Waals surface area (Å²) in [5, 5.41) is 1.92. The quantitative estimate of drug-likeness (QED) is 0.910. The van der Waals surface area contributed by atoms with Gasteiger partial charge in [0.1, 0.15) is 11.6 Å².